The number of amides is 1. The maximum absolute atomic E-state index is 11.6. The molecule has 0 saturated carbocycles. The van der Waals surface area contributed by atoms with Gasteiger partial charge in [-0.3, -0.25) is 4.79 Å². The lowest BCUT2D eigenvalue weighted by atomic mass is 10.1. The van der Waals surface area contributed by atoms with Crippen LogP contribution in [0.1, 0.15) is 12.0 Å². The number of carboxylic acid groups (broad SMARTS) is 1. The van der Waals surface area contributed by atoms with Gasteiger partial charge in [0.25, 0.3) is 0 Å². The maximum Gasteiger partial charge on any atom is 0.326 e. The Labute approximate surface area is 109 Å². The van der Waals surface area contributed by atoms with Crippen LogP contribution in [0.4, 0.5) is 0 Å². The summed E-state index contributed by atoms with van der Waals surface area (Å²) in [4.78, 5) is 22.4. The molecule has 0 aliphatic rings. The Bertz CT molecular complexity index is 436. The van der Waals surface area contributed by atoms with Crippen LogP contribution in [0, 0.1) is 0 Å². The molecule has 5 nitrogen and oxygen atoms in total. The van der Waals surface area contributed by atoms with Crippen LogP contribution in [0.25, 0.3) is 0 Å². The molecule has 1 rings (SSSR count). The number of aliphatic carboxylic acids is 1. The van der Waals surface area contributed by atoms with Crippen LogP contribution >= 0.6 is 11.6 Å². The third-order valence-electron chi connectivity index (χ3n) is 2.36. The Hall–Kier alpha value is -1.59. The van der Waals surface area contributed by atoms with E-state index in [0.717, 1.165) is 0 Å². The number of rotatable bonds is 6. The summed E-state index contributed by atoms with van der Waals surface area (Å²) in [6.07, 6.45) is -0.0154. The van der Waals surface area contributed by atoms with Crippen molar-refractivity contribution in [1.29, 1.82) is 0 Å². The Kier molecular flexibility index (Phi) is 5.61. The van der Waals surface area contributed by atoms with Gasteiger partial charge in [-0.25, -0.2) is 4.79 Å². The predicted octanol–water partition coefficient (Wildman–Crippen LogP) is 0.834. The van der Waals surface area contributed by atoms with Crippen LogP contribution < -0.4 is 5.32 Å². The largest absolute Gasteiger partial charge is 0.480 e. The number of aliphatic hydroxyl groups excluding tert-OH is 1. The van der Waals surface area contributed by atoms with E-state index in [1.165, 1.54) is 0 Å². The number of benzene rings is 1. The molecule has 1 aromatic rings. The van der Waals surface area contributed by atoms with Gasteiger partial charge >= 0.3 is 5.97 Å². The zero-order valence-corrected chi connectivity index (χ0v) is 10.4. The topological polar surface area (TPSA) is 86.6 Å². The Morgan fingerprint density at radius 2 is 2.00 bits per heavy atom. The van der Waals surface area contributed by atoms with Crippen molar-refractivity contribution in [2.45, 2.75) is 18.9 Å². The van der Waals surface area contributed by atoms with Crippen LogP contribution in [-0.2, 0) is 16.0 Å². The van der Waals surface area contributed by atoms with Crippen molar-refractivity contribution in [3.05, 3.63) is 34.9 Å². The monoisotopic (exact) mass is 271 g/mol. The van der Waals surface area contributed by atoms with Crippen LogP contribution in [0.3, 0.4) is 0 Å². The highest BCUT2D eigenvalue weighted by molar-refractivity contribution is 6.31. The second kappa shape index (κ2) is 6.98. The molecule has 98 valence electrons. The molecule has 0 heterocycles. The fourth-order valence-corrected chi connectivity index (χ4v) is 1.65. The molecule has 0 aliphatic carbocycles. The van der Waals surface area contributed by atoms with E-state index in [1.807, 2.05) is 0 Å². The molecule has 6 heteroatoms. The lowest BCUT2D eigenvalue weighted by molar-refractivity contribution is -0.142. The van der Waals surface area contributed by atoms with Crippen LogP contribution in [0.2, 0.25) is 5.02 Å². The lowest BCUT2D eigenvalue weighted by Crippen LogP contribution is -2.42. The number of halogens is 1. The molecule has 1 amide bonds. The van der Waals surface area contributed by atoms with Crippen molar-refractivity contribution in [3.8, 4) is 0 Å². The third kappa shape index (κ3) is 4.35. The van der Waals surface area contributed by atoms with Gasteiger partial charge in [-0.1, -0.05) is 29.8 Å². The van der Waals surface area contributed by atoms with Crippen molar-refractivity contribution in [3.63, 3.8) is 0 Å². The summed E-state index contributed by atoms with van der Waals surface area (Å²) in [5.74, 6) is -1.61. The van der Waals surface area contributed by atoms with Crippen molar-refractivity contribution in [2.75, 3.05) is 6.61 Å². The number of carboxylic acids is 1. The number of carbonyl (C=O) groups is 2. The van der Waals surface area contributed by atoms with Gasteiger partial charge < -0.3 is 15.5 Å². The summed E-state index contributed by atoms with van der Waals surface area (Å²) in [7, 11) is 0. The molecule has 18 heavy (non-hydrogen) atoms. The highest BCUT2D eigenvalue weighted by Crippen LogP contribution is 2.15. The normalized spacial score (nSPS) is 11.9. The fourth-order valence-electron chi connectivity index (χ4n) is 1.45. The highest BCUT2D eigenvalue weighted by Gasteiger charge is 2.19. The summed E-state index contributed by atoms with van der Waals surface area (Å²) in [5.41, 5.74) is 0.629. The Balaban J connectivity index is 2.61. The molecule has 3 N–H and O–H groups in total. The molecule has 1 aromatic carbocycles. The van der Waals surface area contributed by atoms with Gasteiger partial charge in [0.1, 0.15) is 6.04 Å². The average molecular weight is 272 g/mol. The zero-order chi connectivity index (χ0) is 13.5. The Morgan fingerprint density at radius 1 is 1.33 bits per heavy atom. The average Bonchev–Trinajstić information content (AvgIpc) is 2.31. The van der Waals surface area contributed by atoms with Crippen molar-refractivity contribution >= 4 is 23.5 Å². The summed E-state index contributed by atoms with van der Waals surface area (Å²) in [6.45, 7) is -0.302. The van der Waals surface area contributed by atoms with Crippen molar-refractivity contribution in [1.82, 2.24) is 5.32 Å². The summed E-state index contributed by atoms with van der Waals surface area (Å²) >= 11 is 5.89. The first-order chi connectivity index (χ1) is 8.54. The van der Waals surface area contributed by atoms with E-state index in [1.54, 1.807) is 24.3 Å². The van der Waals surface area contributed by atoms with Crippen molar-refractivity contribution in [2.24, 2.45) is 0 Å². The number of hydrogen-bond donors (Lipinski definition) is 3. The third-order valence-corrected chi connectivity index (χ3v) is 2.73. The molecular formula is C12H14ClNO4. The van der Waals surface area contributed by atoms with Gasteiger partial charge in [0.05, 0.1) is 6.42 Å². The van der Waals surface area contributed by atoms with E-state index in [-0.39, 0.29) is 19.4 Å². The van der Waals surface area contributed by atoms with Gasteiger partial charge in [0, 0.05) is 18.1 Å². The van der Waals surface area contributed by atoms with E-state index in [2.05, 4.69) is 5.32 Å². The molecule has 0 radical (unpaired) electrons. The van der Waals surface area contributed by atoms with E-state index in [4.69, 9.17) is 21.8 Å². The number of nitrogens with one attached hydrogen (secondary N) is 1. The number of hydrogen-bond acceptors (Lipinski definition) is 3. The van der Waals surface area contributed by atoms with Gasteiger partial charge in [0.15, 0.2) is 0 Å². The standard InChI is InChI=1S/C12H14ClNO4/c13-9-4-2-1-3-8(9)7-11(16)14-10(5-6-15)12(17)18/h1-4,10,15H,5-7H2,(H,14,16)(H,17,18). The van der Waals surface area contributed by atoms with Gasteiger partial charge in [-0.15, -0.1) is 0 Å². The van der Waals surface area contributed by atoms with Crippen molar-refractivity contribution < 1.29 is 19.8 Å². The molecule has 0 bridgehead atoms. The maximum atomic E-state index is 11.6. The molecule has 1 unspecified atom stereocenters. The first kappa shape index (κ1) is 14.5. The van der Waals surface area contributed by atoms with E-state index in [0.29, 0.717) is 10.6 Å². The van der Waals surface area contributed by atoms with Crippen LogP contribution in [0.5, 0.6) is 0 Å². The first-order valence-corrected chi connectivity index (χ1v) is 5.79. The SMILES string of the molecule is O=C(Cc1ccccc1Cl)NC(CCO)C(=O)O. The van der Waals surface area contributed by atoms with Crippen LogP contribution in [0.15, 0.2) is 24.3 Å². The second-order valence-corrected chi connectivity index (χ2v) is 4.15. The molecule has 0 spiro atoms. The number of carbonyl (C=O) groups excluding carboxylic acids is 1. The second-order valence-electron chi connectivity index (χ2n) is 3.74. The predicted molar refractivity (Wildman–Crippen MR) is 66.4 cm³/mol. The zero-order valence-electron chi connectivity index (χ0n) is 9.60. The highest BCUT2D eigenvalue weighted by atomic mass is 35.5. The molecule has 0 saturated heterocycles. The summed E-state index contributed by atoms with van der Waals surface area (Å²) in [6, 6.07) is 5.77. The quantitative estimate of drug-likeness (QED) is 0.715. The smallest absolute Gasteiger partial charge is 0.326 e. The minimum absolute atomic E-state index is 0.00881. The minimum atomic E-state index is -1.17. The molecule has 1 atom stereocenters. The van der Waals surface area contributed by atoms with Gasteiger partial charge in [-0.05, 0) is 11.6 Å². The van der Waals surface area contributed by atoms with E-state index < -0.39 is 17.9 Å². The van der Waals surface area contributed by atoms with Gasteiger partial charge in [-0.2, -0.15) is 0 Å². The molecule has 0 aliphatic heterocycles. The summed E-state index contributed by atoms with van der Waals surface area (Å²) in [5, 5.41) is 20.3. The molecule has 0 fully saturated rings. The molecule has 0 aromatic heterocycles. The first-order valence-electron chi connectivity index (χ1n) is 5.41. The van der Waals surface area contributed by atoms with Crippen LogP contribution in [-0.4, -0.2) is 34.7 Å². The minimum Gasteiger partial charge on any atom is -0.480 e. The fraction of sp³-hybridized carbons (Fsp3) is 0.333. The van der Waals surface area contributed by atoms with E-state index >= 15 is 0 Å². The number of aliphatic hydroxyl groups is 1. The van der Waals surface area contributed by atoms with Gasteiger partial charge in [0.2, 0.25) is 5.91 Å². The summed E-state index contributed by atoms with van der Waals surface area (Å²) < 4.78 is 0. The Morgan fingerprint density at radius 3 is 2.56 bits per heavy atom. The van der Waals surface area contributed by atoms with E-state index in [9.17, 15) is 9.59 Å². The lowest BCUT2D eigenvalue weighted by Gasteiger charge is -2.13. The molecular weight excluding hydrogens is 258 g/mol.